The van der Waals surface area contributed by atoms with E-state index >= 15 is 0 Å². The third kappa shape index (κ3) is 6.81. The van der Waals surface area contributed by atoms with Gasteiger partial charge in [0.1, 0.15) is 18.0 Å². The van der Waals surface area contributed by atoms with Crippen LogP contribution in [0.5, 0.6) is 5.75 Å². The molecule has 0 saturated carbocycles. The molecule has 0 heterocycles. The van der Waals surface area contributed by atoms with Crippen molar-refractivity contribution in [2.45, 2.75) is 51.9 Å². The van der Waals surface area contributed by atoms with Gasteiger partial charge in [0.15, 0.2) is 0 Å². The maximum atomic E-state index is 12.9. The lowest BCUT2D eigenvalue weighted by Crippen LogP contribution is -2.35. The van der Waals surface area contributed by atoms with Crippen molar-refractivity contribution >= 4 is 6.09 Å². The lowest BCUT2D eigenvalue weighted by Gasteiger charge is -2.25. The first-order valence-electron chi connectivity index (χ1n) is 7.92. The zero-order valence-electron chi connectivity index (χ0n) is 14.7. The summed E-state index contributed by atoms with van der Waals surface area (Å²) >= 11 is 0. The Morgan fingerprint density at radius 1 is 1.28 bits per heavy atom. The SMILES string of the molecule is CC[C@@H](NC(=O)OC(C)(C)C)c1ccc(C(F)(F)F)cc1OCCO. The van der Waals surface area contributed by atoms with Gasteiger partial charge in [-0.25, -0.2) is 4.79 Å². The largest absolute Gasteiger partial charge is 0.491 e. The molecule has 0 aliphatic rings. The van der Waals surface area contributed by atoms with Crippen LogP contribution in [0.3, 0.4) is 0 Å². The van der Waals surface area contributed by atoms with Crippen molar-refractivity contribution in [1.29, 1.82) is 0 Å². The Morgan fingerprint density at radius 3 is 2.40 bits per heavy atom. The van der Waals surface area contributed by atoms with Crippen LogP contribution in [0.4, 0.5) is 18.0 Å². The Morgan fingerprint density at radius 2 is 1.92 bits per heavy atom. The van der Waals surface area contributed by atoms with Crippen molar-refractivity contribution < 1.29 is 32.5 Å². The minimum atomic E-state index is -4.52. The first-order chi connectivity index (χ1) is 11.5. The molecule has 0 unspecified atom stereocenters. The molecule has 0 aliphatic carbocycles. The number of hydrogen-bond acceptors (Lipinski definition) is 4. The van der Waals surface area contributed by atoms with Gasteiger partial charge in [0.2, 0.25) is 0 Å². The fourth-order valence-electron chi connectivity index (χ4n) is 2.13. The smallest absolute Gasteiger partial charge is 0.416 e. The number of ether oxygens (including phenoxy) is 2. The lowest BCUT2D eigenvalue weighted by atomic mass is 10.0. The normalized spacial score (nSPS) is 13.3. The lowest BCUT2D eigenvalue weighted by molar-refractivity contribution is -0.137. The van der Waals surface area contributed by atoms with E-state index in [0.717, 1.165) is 12.1 Å². The summed E-state index contributed by atoms with van der Waals surface area (Å²) in [6, 6.07) is 2.47. The van der Waals surface area contributed by atoms with Gasteiger partial charge in [-0.3, -0.25) is 0 Å². The highest BCUT2D eigenvalue weighted by Gasteiger charge is 2.32. The minimum Gasteiger partial charge on any atom is -0.491 e. The van der Waals surface area contributed by atoms with Gasteiger partial charge >= 0.3 is 12.3 Å². The van der Waals surface area contributed by atoms with E-state index in [1.807, 2.05) is 0 Å². The number of carbonyl (C=O) groups is 1. The highest BCUT2D eigenvalue weighted by Crippen LogP contribution is 2.36. The van der Waals surface area contributed by atoms with E-state index in [-0.39, 0.29) is 19.0 Å². The predicted molar refractivity (Wildman–Crippen MR) is 86.4 cm³/mol. The minimum absolute atomic E-state index is 0.0354. The third-order valence-corrected chi connectivity index (χ3v) is 3.16. The van der Waals surface area contributed by atoms with Crippen molar-refractivity contribution in [1.82, 2.24) is 5.32 Å². The van der Waals surface area contributed by atoms with E-state index in [4.69, 9.17) is 14.6 Å². The van der Waals surface area contributed by atoms with Crippen molar-refractivity contribution in [2.75, 3.05) is 13.2 Å². The molecule has 1 atom stereocenters. The van der Waals surface area contributed by atoms with Gasteiger partial charge in [-0.2, -0.15) is 13.2 Å². The molecule has 0 spiro atoms. The number of alkyl carbamates (subject to hydrolysis) is 1. The van der Waals surface area contributed by atoms with Crippen LogP contribution in [0.25, 0.3) is 0 Å². The number of carbonyl (C=O) groups excluding carboxylic acids is 1. The van der Waals surface area contributed by atoms with Crippen LogP contribution in [0.15, 0.2) is 18.2 Å². The zero-order valence-corrected chi connectivity index (χ0v) is 14.7. The predicted octanol–water partition coefficient (Wildman–Crippen LogP) is 4.05. The van der Waals surface area contributed by atoms with Crippen LogP contribution in [0.1, 0.15) is 51.3 Å². The number of amides is 1. The van der Waals surface area contributed by atoms with Gasteiger partial charge in [-0.15, -0.1) is 0 Å². The van der Waals surface area contributed by atoms with Crippen LogP contribution in [0, 0.1) is 0 Å². The molecule has 8 heteroatoms. The van der Waals surface area contributed by atoms with Gasteiger partial charge in [0.25, 0.3) is 0 Å². The zero-order chi connectivity index (χ0) is 19.3. The maximum absolute atomic E-state index is 12.9. The van der Waals surface area contributed by atoms with E-state index in [1.165, 1.54) is 6.07 Å². The number of benzene rings is 1. The van der Waals surface area contributed by atoms with Crippen LogP contribution < -0.4 is 10.1 Å². The van der Waals surface area contributed by atoms with Gasteiger partial charge < -0.3 is 19.9 Å². The number of nitrogens with one attached hydrogen (secondary N) is 1. The van der Waals surface area contributed by atoms with Crippen LogP contribution in [0.2, 0.25) is 0 Å². The van der Waals surface area contributed by atoms with Crippen molar-refractivity contribution in [2.24, 2.45) is 0 Å². The van der Waals surface area contributed by atoms with Gasteiger partial charge in [0.05, 0.1) is 18.2 Å². The Kier molecular flexibility index (Phi) is 7.10. The summed E-state index contributed by atoms with van der Waals surface area (Å²) in [4.78, 5) is 12.0. The number of halogens is 3. The first-order valence-corrected chi connectivity index (χ1v) is 7.92. The van der Waals surface area contributed by atoms with Crippen LogP contribution in [-0.2, 0) is 10.9 Å². The summed E-state index contributed by atoms with van der Waals surface area (Å²) in [5, 5.41) is 11.5. The topological polar surface area (TPSA) is 67.8 Å². The van der Waals surface area contributed by atoms with E-state index in [9.17, 15) is 18.0 Å². The number of aliphatic hydroxyl groups is 1. The molecule has 0 aromatic heterocycles. The molecule has 25 heavy (non-hydrogen) atoms. The molecule has 1 amide bonds. The second-order valence-corrected chi connectivity index (χ2v) is 6.43. The summed E-state index contributed by atoms with van der Waals surface area (Å²) in [6.45, 7) is 6.41. The Hall–Kier alpha value is -1.96. The van der Waals surface area contributed by atoms with Gasteiger partial charge in [-0.05, 0) is 39.3 Å². The molecular formula is C17H24F3NO4. The molecule has 142 valence electrons. The molecule has 5 nitrogen and oxygen atoms in total. The van der Waals surface area contributed by atoms with Gasteiger partial charge in [0, 0.05) is 5.56 Å². The Labute approximate surface area is 145 Å². The average molecular weight is 363 g/mol. The summed E-state index contributed by atoms with van der Waals surface area (Å²) in [5.74, 6) is -0.0354. The second-order valence-electron chi connectivity index (χ2n) is 6.43. The number of rotatable bonds is 6. The Balaban J connectivity index is 3.11. The molecule has 1 rings (SSSR count). The Bertz CT molecular complexity index is 582. The van der Waals surface area contributed by atoms with Crippen molar-refractivity contribution in [3.05, 3.63) is 29.3 Å². The molecule has 0 aliphatic heterocycles. The van der Waals surface area contributed by atoms with E-state index in [2.05, 4.69) is 5.32 Å². The first kappa shape index (κ1) is 21.1. The molecule has 0 saturated heterocycles. The summed E-state index contributed by atoms with van der Waals surface area (Å²) in [6.07, 6.45) is -4.77. The third-order valence-electron chi connectivity index (χ3n) is 3.16. The van der Waals surface area contributed by atoms with E-state index < -0.39 is 29.5 Å². The van der Waals surface area contributed by atoms with E-state index in [1.54, 1.807) is 27.7 Å². The quantitative estimate of drug-likeness (QED) is 0.800. The summed E-state index contributed by atoms with van der Waals surface area (Å²) in [7, 11) is 0. The fraction of sp³-hybridized carbons (Fsp3) is 0.588. The molecule has 0 fully saturated rings. The summed E-state index contributed by atoms with van der Waals surface area (Å²) in [5.41, 5.74) is -1.18. The van der Waals surface area contributed by atoms with Crippen LogP contribution in [-0.4, -0.2) is 30.0 Å². The molecule has 1 aromatic carbocycles. The second kappa shape index (κ2) is 8.42. The van der Waals surface area contributed by atoms with Crippen LogP contribution >= 0.6 is 0 Å². The molecular weight excluding hydrogens is 339 g/mol. The van der Waals surface area contributed by atoms with Gasteiger partial charge in [-0.1, -0.05) is 13.0 Å². The van der Waals surface area contributed by atoms with Crippen molar-refractivity contribution in [3.63, 3.8) is 0 Å². The molecule has 0 radical (unpaired) electrons. The highest BCUT2D eigenvalue weighted by molar-refractivity contribution is 5.68. The monoisotopic (exact) mass is 363 g/mol. The average Bonchev–Trinajstić information content (AvgIpc) is 2.47. The van der Waals surface area contributed by atoms with E-state index in [0.29, 0.717) is 12.0 Å². The fourth-order valence-corrected chi connectivity index (χ4v) is 2.13. The number of alkyl halides is 3. The maximum Gasteiger partial charge on any atom is 0.416 e. The summed E-state index contributed by atoms with van der Waals surface area (Å²) < 4.78 is 49.1. The number of hydrogen-bond donors (Lipinski definition) is 2. The molecule has 1 aromatic rings. The van der Waals surface area contributed by atoms with Crippen molar-refractivity contribution in [3.8, 4) is 5.75 Å². The highest BCUT2D eigenvalue weighted by atomic mass is 19.4. The molecule has 2 N–H and O–H groups in total. The number of aliphatic hydroxyl groups excluding tert-OH is 1. The molecule has 0 bridgehead atoms. The standard InChI is InChI=1S/C17H24F3NO4/c1-5-13(21-15(23)25-16(2,3)4)12-7-6-11(17(18,19)20)10-14(12)24-9-8-22/h6-7,10,13,22H,5,8-9H2,1-4H3,(H,21,23)/t13-/m1/s1.